The number of hydrogen-bond acceptors (Lipinski definition) is 3. The van der Waals surface area contributed by atoms with Gasteiger partial charge in [-0.25, -0.2) is 0 Å². The fourth-order valence-electron chi connectivity index (χ4n) is 1.41. The van der Waals surface area contributed by atoms with E-state index >= 15 is 0 Å². The maximum absolute atomic E-state index is 9.18. The first kappa shape index (κ1) is 8.68. The molecule has 3 heteroatoms. The number of aliphatic hydroxyl groups is 1. The van der Waals surface area contributed by atoms with E-state index < -0.39 is 0 Å². The molecule has 0 bridgehead atoms. The Morgan fingerprint density at radius 1 is 1.55 bits per heavy atom. The molecule has 0 saturated carbocycles. The Morgan fingerprint density at radius 2 is 2.09 bits per heavy atom. The average Bonchev–Trinajstić information content (AvgIpc) is 1.93. The number of piperidine rings is 1. The quantitative estimate of drug-likeness (QED) is 0.571. The third kappa shape index (κ3) is 2.99. The van der Waals surface area contributed by atoms with Crippen molar-refractivity contribution in [3.63, 3.8) is 0 Å². The van der Waals surface area contributed by atoms with E-state index in [0.717, 1.165) is 32.5 Å². The number of hydrogen-bond donors (Lipinski definition) is 2. The second-order valence-corrected chi connectivity index (χ2v) is 3.29. The highest BCUT2D eigenvalue weighted by Crippen LogP contribution is 2.08. The van der Waals surface area contributed by atoms with Gasteiger partial charge in [-0.15, -0.1) is 0 Å². The molecule has 0 unspecified atom stereocenters. The highest BCUT2D eigenvalue weighted by atomic mass is 16.3. The lowest BCUT2D eigenvalue weighted by molar-refractivity contribution is 0.0896. The predicted molar refractivity (Wildman–Crippen MR) is 45.1 cm³/mol. The summed E-state index contributed by atoms with van der Waals surface area (Å²) < 4.78 is 0. The van der Waals surface area contributed by atoms with E-state index in [-0.39, 0.29) is 6.10 Å². The van der Waals surface area contributed by atoms with E-state index in [0.29, 0.717) is 5.71 Å². The molecule has 0 amide bonds. The summed E-state index contributed by atoms with van der Waals surface area (Å²) in [5.74, 6) is 0. The first-order valence-electron chi connectivity index (χ1n) is 4.13. The molecule has 11 heavy (non-hydrogen) atoms. The molecule has 64 valence electrons. The molecule has 0 aromatic heterocycles. The van der Waals surface area contributed by atoms with E-state index in [1.54, 1.807) is 0 Å². The standard InChI is InChI=1S/C8H16N2O/c1-7(9)6-10-4-2-8(11)3-5-10/h8-9,11H,2-6H2,1H3. The molecule has 1 fully saturated rings. The van der Waals surface area contributed by atoms with Gasteiger partial charge in [0.25, 0.3) is 0 Å². The lowest BCUT2D eigenvalue weighted by atomic mass is 10.1. The van der Waals surface area contributed by atoms with E-state index in [2.05, 4.69) is 4.90 Å². The summed E-state index contributed by atoms with van der Waals surface area (Å²) in [6.07, 6.45) is 1.64. The number of aliphatic hydroxyl groups excluding tert-OH is 1. The first-order valence-corrected chi connectivity index (χ1v) is 4.13. The minimum absolute atomic E-state index is 0.0997. The van der Waals surface area contributed by atoms with Gasteiger partial charge >= 0.3 is 0 Å². The van der Waals surface area contributed by atoms with E-state index in [1.165, 1.54) is 0 Å². The van der Waals surface area contributed by atoms with E-state index in [9.17, 15) is 5.11 Å². The van der Waals surface area contributed by atoms with Gasteiger partial charge in [-0.05, 0) is 19.8 Å². The van der Waals surface area contributed by atoms with Crippen molar-refractivity contribution in [1.29, 1.82) is 5.41 Å². The molecule has 3 nitrogen and oxygen atoms in total. The Balaban J connectivity index is 2.22. The van der Waals surface area contributed by atoms with Crippen molar-refractivity contribution in [2.75, 3.05) is 19.6 Å². The topological polar surface area (TPSA) is 47.3 Å². The molecule has 1 heterocycles. The molecule has 2 N–H and O–H groups in total. The van der Waals surface area contributed by atoms with Gasteiger partial charge in [0.05, 0.1) is 6.10 Å². The van der Waals surface area contributed by atoms with Gasteiger partial charge in [0.1, 0.15) is 0 Å². The van der Waals surface area contributed by atoms with Crippen molar-refractivity contribution in [2.45, 2.75) is 25.9 Å². The van der Waals surface area contributed by atoms with Crippen LogP contribution in [0.2, 0.25) is 0 Å². The zero-order valence-corrected chi connectivity index (χ0v) is 7.01. The van der Waals surface area contributed by atoms with Crippen LogP contribution >= 0.6 is 0 Å². The van der Waals surface area contributed by atoms with Crippen molar-refractivity contribution < 1.29 is 5.11 Å². The molecule has 1 rings (SSSR count). The van der Waals surface area contributed by atoms with Crippen molar-refractivity contribution in [1.82, 2.24) is 4.90 Å². The Labute approximate surface area is 67.5 Å². The largest absolute Gasteiger partial charge is 0.393 e. The zero-order valence-electron chi connectivity index (χ0n) is 7.01. The van der Waals surface area contributed by atoms with Crippen LogP contribution in [0.4, 0.5) is 0 Å². The summed E-state index contributed by atoms with van der Waals surface area (Å²) in [5, 5.41) is 16.5. The molecule has 1 saturated heterocycles. The molecule has 1 aliphatic rings. The van der Waals surface area contributed by atoms with Crippen LogP contribution in [0.1, 0.15) is 19.8 Å². The fourth-order valence-corrected chi connectivity index (χ4v) is 1.41. The summed E-state index contributed by atoms with van der Waals surface area (Å²) in [7, 11) is 0. The average molecular weight is 156 g/mol. The van der Waals surface area contributed by atoms with Crippen molar-refractivity contribution in [2.24, 2.45) is 0 Å². The molecular formula is C8H16N2O. The SMILES string of the molecule is CC(=N)CN1CCC(O)CC1. The molecule has 0 spiro atoms. The van der Waals surface area contributed by atoms with Gasteiger partial charge in [-0.3, -0.25) is 4.90 Å². The van der Waals surface area contributed by atoms with Crippen molar-refractivity contribution >= 4 is 5.71 Å². The maximum Gasteiger partial charge on any atom is 0.0564 e. The van der Waals surface area contributed by atoms with Gasteiger partial charge in [0, 0.05) is 25.3 Å². The van der Waals surface area contributed by atoms with Crippen LogP contribution in [0.5, 0.6) is 0 Å². The molecular weight excluding hydrogens is 140 g/mol. The minimum atomic E-state index is -0.0997. The normalized spacial score (nSPS) is 22.0. The molecule has 0 aromatic rings. The molecule has 1 aliphatic heterocycles. The lowest BCUT2D eigenvalue weighted by Crippen LogP contribution is -2.38. The van der Waals surface area contributed by atoms with Crippen LogP contribution in [-0.2, 0) is 0 Å². The maximum atomic E-state index is 9.18. The monoisotopic (exact) mass is 156 g/mol. The first-order chi connectivity index (χ1) is 5.18. The van der Waals surface area contributed by atoms with Crippen LogP contribution in [-0.4, -0.2) is 41.5 Å². The summed E-state index contributed by atoms with van der Waals surface area (Å²) in [5.41, 5.74) is 0.710. The molecule has 0 atom stereocenters. The Bertz CT molecular complexity index is 139. The van der Waals surface area contributed by atoms with Gasteiger partial charge < -0.3 is 10.5 Å². The molecule has 0 aliphatic carbocycles. The van der Waals surface area contributed by atoms with Gasteiger partial charge in [-0.2, -0.15) is 0 Å². The Hall–Kier alpha value is -0.410. The number of nitrogens with zero attached hydrogens (tertiary/aromatic N) is 1. The number of nitrogens with one attached hydrogen (secondary N) is 1. The highest BCUT2D eigenvalue weighted by Gasteiger charge is 2.16. The van der Waals surface area contributed by atoms with Crippen LogP contribution in [0.15, 0.2) is 0 Å². The smallest absolute Gasteiger partial charge is 0.0564 e. The fraction of sp³-hybridized carbons (Fsp3) is 0.875. The summed E-state index contributed by atoms with van der Waals surface area (Å²) in [6, 6.07) is 0. The second kappa shape index (κ2) is 3.83. The van der Waals surface area contributed by atoms with Crippen molar-refractivity contribution in [3.8, 4) is 0 Å². The molecule has 0 aromatic carbocycles. The second-order valence-electron chi connectivity index (χ2n) is 3.29. The van der Waals surface area contributed by atoms with Crippen molar-refractivity contribution in [3.05, 3.63) is 0 Å². The highest BCUT2D eigenvalue weighted by molar-refractivity contribution is 5.80. The van der Waals surface area contributed by atoms with Gasteiger partial charge in [0.15, 0.2) is 0 Å². The van der Waals surface area contributed by atoms with Crippen LogP contribution in [0, 0.1) is 5.41 Å². The third-order valence-corrected chi connectivity index (χ3v) is 2.02. The Morgan fingerprint density at radius 3 is 2.55 bits per heavy atom. The van der Waals surface area contributed by atoms with Gasteiger partial charge in [-0.1, -0.05) is 0 Å². The predicted octanol–water partition coefficient (Wildman–Crippen LogP) is 0.483. The number of likely N-dealkylation sites (tertiary alicyclic amines) is 1. The van der Waals surface area contributed by atoms with Crippen LogP contribution in [0.25, 0.3) is 0 Å². The van der Waals surface area contributed by atoms with Crippen LogP contribution < -0.4 is 0 Å². The summed E-state index contributed by atoms with van der Waals surface area (Å²) in [6.45, 7) is 4.48. The molecule has 0 radical (unpaired) electrons. The van der Waals surface area contributed by atoms with E-state index in [1.807, 2.05) is 6.92 Å². The lowest BCUT2D eigenvalue weighted by Gasteiger charge is -2.28. The van der Waals surface area contributed by atoms with E-state index in [4.69, 9.17) is 5.41 Å². The number of rotatable bonds is 2. The van der Waals surface area contributed by atoms with Gasteiger partial charge in [0.2, 0.25) is 0 Å². The van der Waals surface area contributed by atoms with Crippen LogP contribution in [0.3, 0.4) is 0 Å². The Kier molecular flexibility index (Phi) is 3.02. The zero-order chi connectivity index (χ0) is 8.27. The minimum Gasteiger partial charge on any atom is -0.393 e. The summed E-state index contributed by atoms with van der Waals surface area (Å²) >= 11 is 0. The summed E-state index contributed by atoms with van der Waals surface area (Å²) in [4.78, 5) is 2.22. The third-order valence-electron chi connectivity index (χ3n) is 2.02.